The number of nitrogens with one attached hydrogen (secondary N) is 1. The van der Waals surface area contributed by atoms with Gasteiger partial charge in [-0.3, -0.25) is 4.79 Å². The van der Waals surface area contributed by atoms with Gasteiger partial charge in [0.05, 0.1) is 15.5 Å². The Morgan fingerprint density at radius 3 is 2.29 bits per heavy atom. The summed E-state index contributed by atoms with van der Waals surface area (Å²) in [5, 5.41) is 1.61. The maximum absolute atomic E-state index is 12.8. The first-order valence-electron chi connectivity index (χ1n) is 6.54. The molecule has 0 bridgehead atoms. The van der Waals surface area contributed by atoms with Gasteiger partial charge in [-0.2, -0.15) is 13.2 Å². The number of carbonyl (C=O) groups is 1. The van der Waals surface area contributed by atoms with Gasteiger partial charge in [0.1, 0.15) is 5.75 Å². The Hall–Kier alpha value is -2.06. The fourth-order valence-electron chi connectivity index (χ4n) is 1.90. The van der Waals surface area contributed by atoms with Gasteiger partial charge in [0.2, 0.25) is 5.91 Å². The first-order valence-corrected chi connectivity index (χ1v) is 8.57. The van der Waals surface area contributed by atoms with Crippen molar-refractivity contribution >= 4 is 33.0 Å². The summed E-state index contributed by atoms with van der Waals surface area (Å²) in [5.41, 5.74) is -1.31. The highest BCUT2D eigenvalue weighted by Crippen LogP contribution is 2.36. The Bertz CT molecular complexity index is 852. The molecule has 0 atom stereocenters. The van der Waals surface area contributed by atoms with Gasteiger partial charge in [-0.1, -0.05) is 29.8 Å². The van der Waals surface area contributed by atoms with Crippen molar-refractivity contribution in [3.63, 3.8) is 0 Å². The SMILES string of the molecule is O=C(CS(=O)(=O)c1ccccc1)Nc1ccc(Cl)c(C(F)(F)F)c1. The third-order valence-electron chi connectivity index (χ3n) is 2.98. The van der Waals surface area contributed by atoms with E-state index in [0.29, 0.717) is 6.07 Å². The van der Waals surface area contributed by atoms with Gasteiger partial charge in [0.25, 0.3) is 0 Å². The highest BCUT2D eigenvalue weighted by molar-refractivity contribution is 7.92. The highest BCUT2D eigenvalue weighted by Gasteiger charge is 2.33. The second-order valence-electron chi connectivity index (χ2n) is 4.81. The molecule has 0 fully saturated rings. The van der Waals surface area contributed by atoms with Gasteiger partial charge < -0.3 is 5.32 Å². The first-order chi connectivity index (χ1) is 11.1. The molecule has 24 heavy (non-hydrogen) atoms. The Morgan fingerprint density at radius 1 is 1.08 bits per heavy atom. The number of rotatable bonds is 4. The van der Waals surface area contributed by atoms with Crippen LogP contribution in [0.3, 0.4) is 0 Å². The average Bonchev–Trinajstić information content (AvgIpc) is 2.48. The number of alkyl halides is 3. The molecule has 0 radical (unpaired) electrons. The number of amides is 1. The van der Waals surface area contributed by atoms with Crippen molar-refractivity contribution in [2.24, 2.45) is 0 Å². The second-order valence-corrected chi connectivity index (χ2v) is 7.21. The zero-order valence-corrected chi connectivity index (χ0v) is 13.5. The highest BCUT2D eigenvalue weighted by atomic mass is 35.5. The molecule has 9 heteroatoms. The summed E-state index contributed by atoms with van der Waals surface area (Å²) in [4.78, 5) is 11.8. The topological polar surface area (TPSA) is 63.2 Å². The molecule has 2 aromatic carbocycles. The molecule has 0 aliphatic carbocycles. The number of hydrogen-bond acceptors (Lipinski definition) is 3. The zero-order valence-electron chi connectivity index (χ0n) is 12.0. The van der Waals surface area contributed by atoms with E-state index in [2.05, 4.69) is 5.32 Å². The molecular weight excluding hydrogens is 367 g/mol. The van der Waals surface area contributed by atoms with Crippen LogP contribution < -0.4 is 5.32 Å². The summed E-state index contributed by atoms with van der Waals surface area (Å²) >= 11 is 5.48. The molecule has 1 amide bonds. The van der Waals surface area contributed by atoms with Gasteiger partial charge >= 0.3 is 6.18 Å². The maximum Gasteiger partial charge on any atom is 0.417 e. The molecule has 128 valence electrons. The van der Waals surface area contributed by atoms with E-state index in [9.17, 15) is 26.4 Å². The van der Waals surface area contributed by atoms with Gasteiger partial charge in [-0.15, -0.1) is 0 Å². The van der Waals surface area contributed by atoms with Crippen LogP contribution in [-0.4, -0.2) is 20.1 Å². The molecule has 0 aliphatic rings. The van der Waals surface area contributed by atoms with E-state index in [1.54, 1.807) is 6.07 Å². The van der Waals surface area contributed by atoms with Crippen LogP contribution in [0.4, 0.5) is 18.9 Å². The van der Waals surface area contributed by atoms with Gasteiger partial charge in [0, 0.05) is 5.69 Å². The van der Waals surface area contributed by atoms with Crippen LogP contribution in [0.2, 0.25) is 5.02 Å². The third kappa shape index (κ3) is 4.48. The molecular formula is C15H11ClF3NO3S. The van der Waals surface area contributed by atoms with Crippen molar-refractivity contribution in [1.82, 2.24) is 0 Å². The van der Waals surface area contributed by atoms with Crippen molar-refractivity contribution in [1.29, 1.82) is 0 Å². The fraction of sp³-hybridized carbons (Fsp3) is 0.133. The molecule has 0 unspecified atom stereocenters. The minimum atomic E-state index is -4.69. The molecule has 0 heterocycles. The predicted octanol–water partition coefficient (Wildman–Crippen LogP) is 3.77. The molecule has 0 aromatic heterocycles. The lowest BCUT2D eigenvalue weighted by atomic mass is 10.2. The Morgan fingerprint density at radius 2 is 1.71 bits per heavy atom. The molecule has 0 saturated heterocycles. The molecule has 2 aromatic rings. The smallest absolute Gasteiger partial charge is 0.325 e. The zero-order chi connectivity index (χ0) is 18.0. The standard InChI is InChI=1S/C15H11ClF3NO3S/c16-13-7-6-10(8-12(13)15(17,18)19)20-14(21)9-24(22,23)11-4-2-1-3-5-11/h1-8H,9H2,(H,20,21). The lowest BCUT2D eigenvalue weighted by molar-refractivity contribution is -0.137. The summed E-state index contributed by atoms with van der Waals surface area (Å²) in [6, 6.07) is 10.1. The van der Waals surface area contributed by atoms with Crippen LogP contribution in [0.25, 0.3) is 0 Å². The summed E-state index contributed by atoms with van der Waals surface area (Å²) < 4.78 is 62.4. The normalized spacial score (nSPS) is 12.0. The molecule has 4 nitrogen and oxygen atoms in total. The van der Waals surface area contributed by atoms with Gasteiger partial charge in [-0.05, 0) is 30.3 Å². The van der Waals surface area contributed by atoms with E-state index < -0.39 is 38.3 Å². The van der Waals surface area contributed by atoms with Gasteiger partial charge in [0.15, 0.2) is 9.84 Å². The summed E-state index contributed by atoms with van der Waals surface area (Å²) in [5.74, 6) is -1.84. The quantitative estimate of drug-likeness (QED) is 0.882. The summed E-state index contributed by atoms with van der Waals surface area (Å²) in [6.45, 7) is 0. The first kappa shape index (κ1) is 18.3. The minimum Gasteiger partial charge on any atom is -0.325 e. The van der Waals surface area contributed by atoms with E-state index in [4.69, 9.17) is 11.6 Å². The third-order valence-corrected chi connectivity index (χ3v) is 4.94. The lowest BCUT2D eigenvalue weighted by Gasteiger charge is -2.12. The monoisotopic (exact) mass is 377 g/mol. The van der Waals surface area contributed by atoms with E-state index in [1.165, 1.54) is 24.3 Å². The van der Waals surface area contributed by atoms with Crippen molar-refractivity contribution in [3.05, 3.63) is 59.1 Å². The Labute approximate surface area is 141 Å². The van der Waals surface area contributed by atoms with Gasteiger partial charge in [-0.25, -0.2) is 8.42 Å². The second kappa shape index (κ2) is 6.82. The van der Waals surface area contributed by atoms with E-state index >= 15 is 0 Å². The van der Waals surface area contributed by atoms with Crippen LogP contribution in [0, 0.1) is 0 Å². The van der Waals surface area contributed by atoms with Crippen molar-refractivity contribution in [2.75, 3.05) is 11.1 Å². The number of carbonyl (C=O) groups excluding carboxylic acids is 1. The Kier molecular flexibility index (Phi) is 5.19. The number of halogens is 4. The minimum absolute atomic E-state index is 0.0489. The maximum atomic E-state index is 12.8. The molecule has 0 saturated carbocycles. The number of anilines is 1. The number of sulfone groups is 1. The average molecular weight is 378 g/mol. The van der Waals surface area contributed by atoms with E-state index in [-0.39, 0.29) is 10.6 Å². The van der Waals surface area contributed by atoms with Crippen molar-refractivity contribution in [3.8, 4) is 0 Å². The molecule has 2 rings (SSSR count). The predicted molar refractivity (Wildman–Crippen MR) is 83.6 cm³/mol. The molecule has 0 aliphatic heterocycles. The summed E-state index contributed by atoms with van der Waals surface area (Å²) in [7, 11) is -3.89. The molecule has 0 spiro atoms. The number of benzene rings is 2. The van der Waals surface area contributed by atoms with E-state index in [1.807, 2.05) is 0 Å². The van der Waals surface area contributed by atoms with Crippen molar-refractivity contribution < 1.29 is 26.4 Å². The van der Waals surface area contributed by atoms with Crippen LogP contribution in [-0.2, 0) is 20.8 Å². The Balaban J connectivity index is 2.16. The summed E-state index contributed by atoms with van der Waals surface area (Å²) in [6.07, 6.45) is -4.69. The largest absolute Gasteiger partial charge is 0.417 e. The van der Waals surface area contributed by atoms with Crippen LogP contribution in [0.5, 0.6) is 0 Å². The number of hydrogen-bond donors (Lipinski definition) is 1. The molecule has 1 N–H and O–H groups in total. The van der Waals surface area contributed by atoms with Crippen LogP contribution in [0.1, 0.15) is 5.56 Å². The van der Waals surface area contributed by atoms with Crippen molar-refractivity contribution in [2.45, 2.75) is 11.1 Å². The fourth-order valence-corrected chi connectivity index (χ4v) is 3.28. The van der Waals surface area contributed by atoms with Crippen LogP contribution in [0.15, 0.2) is 53.4 Å². The van der Waals surface area contributed by atoms with E-state index in [0.717, 1.165) is 12.1 Å². The lowest BCUT2D eigenvalue weighted by Crippen LogP contribution is -2.23. The van der Waals surface area contributed by atoms with Crippen LogP contribution >= 0.6 is 11.6 Å².